The molecular formula is C20H19F6NO4S. The van der Waals surface area contributed by atoms with E-state index >= 15 is 0 Å². The van der Waals surface area contributed by atoms with E-state index < -0.39 is 39.3 Å². The Hall–Kier alpha value is -2.60. The van der Waals surface area contributed by atoms with Crippen LogP contribution in [0.15, 0.2) is 47.4 Å². The highest BCUT2D eigenvalue weighted by molar-refractivity contribution is 7.91. The molecule has 0 radical (unpaired) electrons. The number of hydrogen-bond donors (Lipinski definition) is 1. The number of benzene rings is 2. The highest BCUT2D eigenvalue weighted by Crippen LogP contribution is 2.53. The lowest BCUT2D eigenvalue weighted by Crippen LogP contribution is -2.55. The highest BCUT2D eigenvalue weighted by atomic mass is 32.2. The molecule has 0 bridgehead atoms. The molecule has 2 aromatic rings. The highest BCUT2D eigenvalue weighted by Gasteiger charge is 2.73. The number of ether oxygens (including phenoxy) is 1. The molecule has 0 atom stereocenters. The second-order valence-electron chi connectivity index (χ2n) is 6.75. The minimum atomic E-state index is -5.86. The van der Waals surface area contributed by atoms with Crippen LogP contribution in [0.2, 0.25) is 0 Å². The van der Waals surface area contributed by atoms with Crippen molar-refractivity contribution in [2.45, 2.75) is 36.7 Å². The first kappa shape index (κ1) is 25.7. The number of carbonyl (C=O) groups excluding carboxylic acids is 1. The van der Waals surface area contributed by atoms with Gasteiger partial charge in [-0.1, -0.05) is 25.1 Å². The lowest BCUT2D eigenvalue weighted by Gasteiger charge is -2.36. The second-order valence-corrected chi connectivity index (χ2v) is 9.03. The van der Waals surface area contributed by atoms with E-state index in [0.29, 0.717) is 19.2 Å². The van der Waals surface area contributed by atoms with Crippen molar-refractivity contribution in [1.82, 2.24) is 0 Å². The SMILES string of the molecule is CCS(=O)(=O)c1ccc(-c2cc(C(OC)(C(F)(F)F)C(F)(F)F)ccc2NC(C)=O)cc1. The first-order chi connectivity index (χ1) is 14.6. The van der Waals surface area contributed by atoms with E-state index in [-0.39, 0.29) is 27.5 Å². The molecule has 0 spiro atoms. The normalized spacial score (nSPS) is 13.2. The van der Waals surface area contributed by atoms with E-state index in [1.165, 1.54) is 31.2 Å². The van der Waals surface area contributed by atoms with Crippen LogP contribution in [0.1, 0.15) is 19.4 Å². The molecule has 0 aliphatic rings. The number of carbonyl (C=O) groups is 1. The van der Waals surface area contributed by atoms with Crippen LogP contribution in [0.4, 0.5) is 32.0 Å². The summed E-state index contributed by atoms with van der Waals surface area (Å²) >= 11 is 0. The van der Waals surface area contributed by atoms with Gasteiger partial charge in [0.2, 0.25) is 5.91 Å². The smallest absolute Gasteiger partial charge is 0.357 e. The monoisotopic (exact) mass is 483 g/mol. The Balaban J connectivity index is 2.80. The summed E-state index contributed by atoms with van der Waals surface area (Å²) in [5.74, 6) is -0.819. The van der Waals surface area contributed by atoms with Gasteiger partial charge >= 0.3 is 12.4 Å². The van der Waals surface area contributed by atoms with E-state index in [1.54, 1.807) is 0 Å². The van der Waals surface area contributed by atoms with Crippen molar-refractivity contribution in [3.8, 4) is 11.1 Å². The van der Waals surface area contributed by atoms with Crippen LogP contribution in [0.5, 0.6) is 0 Å². The average molecular weight is 483 g/mol. The molecule has 1 amide bonds. The van der Waals surface area contributed by atoms with Crippen molar-refractivity contribution >= 4 is 21.4 Å². The molecule has 0 saturated heterocycles. The molecule has 0 aromatic heterocycles. The van der Waals surface area contributed by atoms with Crippen molar-refractivity contribution in [3.63, 3.8) is 0 Å². The molecular weight excluding hydrogens is 464 g/mol. The number of amides is 1. The molecule has 0 aliphatic heterocycles. The number of sulfone groups is 1. The Labute approximate surface area is 180 Å². The van der Waals surface area contributed by atoms with Crippen LogP contribution in [0.3, 0.4) is 0 Å². The van der Waals surface area contributed by atoms with Gasteiger partial charge in [0.1, 0.15) is 0 Å². The second kappa shape index (κ2) is 8.74. The van der Waals surface area contributed by atoms with Gasteiger partial charge in [0, 0.05) is 30.8 Å². The van der Waals surface area contributed by atoms with Gasteiger partial charge in [0.15, 0.2) is 9.84 Å². The molecule has 0 heterocycles. The number of nitrogens with one attached hydrogen (secondary N) is 1. The topological polar surface area (TPSA) is 72.5 Å². The molecule has 0 fully saturated rings. The summed E-state index contributed by atoms with van der Waals surface area (Å²) in [7, 11) is -3.29. The Morgan fingerprint density at radius 3 is 1.91 bits per heavy atom. The first-order valence-corrected chi connectivity index (χ1v) is 10.7. The van der Waals surface area contributed by atoms with Crippen LogP contribution in [0.25, 0.3) is 11.1 Å². The lowest BCUT2D eigenvalue weighted by molar-refractivity contribution is -0.383. The third kappa shape index (κ3) is 4.60. The molecule has 12 heteroatoms. The van der Waals surface area contributed by atoms with Crippen molar-refractivity contribution in [1.29, 1.82) is 0 Å². The summed E-state index contributed by atoms with van der Waals surface area (Å²) in [6.45, 7) is 2.53. The quantitative estimate of drug-likeness (QED) is 0.583. The van der Waals surface area contributed by atoms with E-state index in [2.05, 4.69) is 10.1 Å². The van der Waals surface area contributed by atoms with Crippen molar-refractivity contribution in [2.24, 2.45) is 0 Å². The maximum absolute atomic E-state index is 13.6. The Bertz CT molecular complexity index is 1080. The number of anilines is 1. The summed E-state index contributed by atoms with van der Waals surface area (Å²) in [6, 6.07) is 6.87. The minimum Gasteiger partial charge on any atom is -0.357 e. The van der Waals surface area contributed by atoms with E-state index in [9.17, 15) is 39.6 Å². The molecule has 0 unspecified atom stereocenters. The molecule has 0 saturated carbocycles. The molecule has 176 valence electrons. The molecule has 32 heavy (non-hydrogen) atoms. The van der Waals surface area contributed by atoms with Crippen molar-refractivity contribution in [2.75, 3.05) is 18.2 Å². The van der Waals surface area contributed by atoms with Crippen LogP contribution >= 0.6 is 0 Å². The maximum atomic E-state index is 13.6. The molecule has 5 nitrogen and oxygen atoms in total. The summed E-state index contributed by atoms with van der Waals surface area (Å²) < 4.78 is 110. The van der Waals surface area contributed by atoms with E-state index in [0.717, 1.165) is 13.0 Å². The van der Waals surface area contributed by atoms with Gasteiger partial charge in [-0.05, 0) is 29.8 Å². The number of rotatable bonds is 6. The zero-order valence-electron chi connectivity index (χ0n) is 17.1. The zero-order valence-corrected chi connectivity index (χ0v) is 17.9. The van der Waals surface area contributed by atoms with Gasteiger partial charge in [-0.15, -0.1) is 0 Å². The summed E-state index contributed by atoms with van der Waals surface area (Å²) in [6.07, 6.45) is -11.7. The van der Waals surface area contributed by atoms with Crippen LogP contribution in [0, 0.1) is 0 Å². The predicted octanol–water partition coefficient (Wildman–Crippen LogP) is 5.07. The third-order valence-corrected chi connectivity index (χ3v) is 6.50. The fraction of sp³-hybridized carbons (Fsp3) is 0.350. The number of halogens is 6. The largest absolute Gasteiger partial charge is 0.430 e. The van der Waals surface area contributed by atoms with Crippen LogP contribution < -0.4 is 5.32 Å². The van der Waals surface area contributed by atoms with E-state index in [4.69, 9.17) is 0 Å². The average Bonchev–Trinajstić information content (AvgIpc) is 2.67. The number of alkyl halides is 6. The van der Waals surface area contributed by atoms with Gasteiger partial charge in [0.25, 0.3) is 5.60 Å². The van der Waals surface area contributed by atoms with Gasteiger partial charge in [-0.2, -0.15) is 26.3 Å². The fourth-order valence-electron chi connectivity index (χ4n) is 3.15. The number of methoxy groups -OCH3 is 1. The lowest BCUT2D eigenvalue weighted by atomic mass is 9.88. The van der Waals surface area contributed by atoms with E-state index in [1.807, 2.05) is 0 Å². The maximum Gasteiger partial charge on any atom is 0.430 e. The molecule has 1 N–H and O–H groups in total. The van der Waals surface area contributed by atoms with Crippen molar-refractivity contribution in [3.05, 3.63) is 48.0 Å². The van der Waals surface area contributed by atoms with Crippen LogP contribution in [-0.4, -0.2) is 39.5 Å². The van der Waals surface area contributed by atoms with Gasteiger partial charge in [0.05, 0.1) is 10.6 Å². The Morgan fingerprint density at radius 1 is 0.969 bits per heavy atom. The summed E-state index contributed by atoms with van der Waals surface area (Å²) in [5, 5.41) is 2.34. The zero-order chi connectivity index (χ0) is 24.5. The number of hydrogen-bond acceptors (Lipinski definition) is 4. The first-order valence-electron chi connectivity index (χ1n) is 9.04. The third-order valence-electron chi connectivity index (χ3n) is 4.75. The predicted molar refractivity (Wildman–Crippen MR) is 105 cm³/mol. The van der Waals surface area contributed by atoms with Gasteiger partial charge < -0.3 is 10.1 Å². The summed E-state index contributed by atoms with van der Waals surface area (Å²) in [5.41, 5.74) is -6.04. The standard InChI is InChI=1S/C20H19F6NO4S/c1-4-32(29,30)15-8-5-13(6-9-15)16-11-14(7-10-17(16)27-12(2)28)18(31-3,19(21,22)23)20(24,25)26/h5-11H,4H2,1-3H3,(H,27,28). The Morgan fingerprint density at radius 2 is 1.50 bits per heavy atom. The van der Waals surface area contributed by atoms with Crippen LogP contribution in [-0.2, 0) is 25.0 Å². The molecule has 2 rings (SSSR count). The van der Waals surface area contributed by atoms with Gasteiger partial charge in [-0.25, -0.2) is 8.42 Å². The van der Waals surface area contributed by atoms with Crippen molar-refractivity contribution < 1.29 is 44.3 Å². The Kier molecular flexibility index (Phi) is 7.01. The molecule has 0 aliphatic carbocycles. The fourth-order valence-corrected chi connectivity index (χ4v) is 4.03. The minimum absolute atomic E-state index is 0.0679. The van der Waals surface area contributed by atoms with Gasteiger partial charge in [-0.3, -0.25) is 4.79 Å². The molecule has 2 aromatic carbocycles. The summed E-state index contributed by atoms with van der Waals surface area (Å²) in [4.78, 5) is 11.4.